The summed E-state index contributed by atoms with van der Waals surface area (Å²) in [7, 11) is 0. The van der Waals surface area contributed by atoms with Gasteiger partial charge in [0, 0.05) is 10.8 Å². The molecule has 2 nitrogen and oxygen atoms in total. The minimum atomic E-state index is -0.0326. The average molecular weight is 288 g/mol. The predicted molar refractivity (Wildman–Crippen MR) is 86.9 cm³/mol. The zero-order valence-electron chi connectivity index (χ0n) is 13.1. The van der Waals surface area contributed by atoms with Gasteiger partial charge in [0.25, 0.3) is 0 Å². The van der Waals surface area contributed by atoms with Crippen LogP contribution in [0, 0.1) is 5.92 Å². The smallest absolute Gasteiger partial charge is 0.0613 e. The Hall–Kier alpha value is 0.270. The van der Waals surface area contributed by atoms with Crippen molar-refractivity contribution in [3.05, 3.63) is 0 Å². The van der Waals surface area contributed by atoms with Crippen molar-refractivity contribution >= 4 is 11.8 Å². The third-order valence-electron chi connectivity index (χ3n) is 4.57. The number of aliphatic hydroxyl groups excluding tert-OH is 1. The highest BCUT2D eigenvalue weighted by atomic mass is 32.2. The lowest BCUT2D eigenvalue weighted by Crippen LogP contribution is -2.48. The highest BCUT2D eigenvalue weighted by Gasteiger charge is 2.25. The minimum Gasteiger partial charge on any atom is -0.394 e. The van der Waals surface area contributed by atoms with Crippen molar-refractivity contribution in [3.63, 3.8) is 0 Å². The lowest BCUT2D eigenvalue weighted by molar-refractivity contribution is 0.148. The van der Waals surface area contributed by atoms with Gasteiger partial charge in [0.15, 0.2) is 0 Å². The fourth-order valence-corrected chi connectivity index (χ4v) is 4.64. The first-order valence-electron chi connectivity index (χ1n) is 8.13. The van der Waals surface area contributed by atoms with Crippen molar-refractivity contribution < 1.29 is 5.11 Å². The third kappa shape index (κ3) is 6.05. The fourth-order valence-electron chi connectivity index (χ4n) is 3.20. The monoisotopic (exact) mass is 287 g/mol. The van der Waals surface area contributed by atoms with E-state index in [0.29, 0.717) is 0 Å². The van der Waals surface area contributed by atoms with E-state index in [2.05, 4.69) is 37.8 Å². The van der Waals surface area contributed by atoms with Gasteiger partial charge in [-0.05, 0) is 50.3 Å². The molecule has 0 bridgehead atoms. The van der Waals surface area contributed by atoms with E-state index in [1.165, 1.54) is 37.9 Å². The first kappa shape index (κ1) is 17.3. The number of rotatable bonds is 9. The number of hydrogen-bond acceptors (Lipinski definition) is 3. The van der Waals surface area contributed by atoms with Gasteiger partial charge in [0.05, 0.1) is 6.61 Å². The first-order valence-corrected chi connectivity index (χ1v) is 9.18. The van der Waals surface area contributed by atoms with E-state index < -0.39 is 0 Å². The Labute approximate surface area is 124 Å². The van der Waals surface area contributed by atoms with E-state index in [1.54, 1.807) is 0 Å². The maximum Gasteiger partial charge on any atom is 0.0613 e. The van der Waals surface area contributed by atoms with Crippen LogP contribution in [0.3, 0.4) is 0 Å². The van der Waals surface area contributed by atoms with Crippen LogP contribution in [-0.4, -0.2) is 34.8 Å². The Morgan fingerprint density at radius 3 is 2.68 bits per heavy atom. The molecule has 0 aromatic carbocycles. The lowest BCUT2D eigenvalue weighted by atomic mass is 9.90. The normalized spacial score (nSPS) is 27.2. The first-order chi connectivity index (χ1) is 9.15. The van der Waals surface area contributed by atoms with Gasteiger partial charge in [0.1, 0.15) is 0 Å². The highest BCUT2D eigenvalue weighted by molar-refractivity contribution is 7.99. The van der Waals surface area contributed by atoms with Gasteiger partial charge in [-0.2, -0.15) is 11.8 Å². The van der Waals surface area contributed by atoms with Gasteiger partial charge >= 0.3 is 0 Å². The fraction of sp³-hybridized carbons (Fsp3) is 1.00. The van der Waals surface area contributed by atoms with Crippen molar-refractivity contribution in [2.24, 2.45) is 5.92 Å². The Morgan fingerprint density at radius 1 is 1.32 bits per heavy atom. The molecule has 3 unspecified atom stereocenters. The molecule has 1 rings (SSSR count). The van der Waals surface area contributed by atoms with Crippen LogP contribution in [0.15, 0.2) is 0 Å². The summed E-state index contributed by atoms with van der Waals surface area (Å²) in [4.78, 5) is 0. The number of nitrogens with one attached hydrogen (secondary N) is 1. The van der Waals surface area contributed by atoms with Crippen molar-refractivity contribution in [1.82, 2.24) is 5.32 Å². The zero-order valence-corrected chi connectivity index (χ0v) is 13.9. The molecule has 3 heteroatoms. The standard InChI is InChI=1S/C16H33NOS/c1-4-16(13-18,17-5-2)10-7-11-19-15-9-6-8-14(3)12-15/h14-15,17-18H,4-13H2,1-3H3. The quantitative estimate of drug-likeness (QED) is 0.632. The second kappa shape index (κ2) is 9.25. The molecule has 1 saturated carbocycles. The van der Waals surface area contributed by atoms with Crippen LogP contribution < -0.4 is 5.32 Å². The van der Waals surface area contributed by atoms with Crippen molar-refractivity contribution in [1.29, 1.82) is 0 Å². The molecule has 0 heterocycles. The van der Waals surface area contributed by atoms with Crippen LogP contribution in [0.1, 0.15) is 65.7 Å². The topological polar surface area (TPSA) is 32.3 Å². The van der Waals surface area contributed by atoms with Crippen molar-refractivity contribution in [3.8, 4) is 0 Å². The molecule has 3 atom stereocenters. The van der Waals surface area contributed by atoms with Crippen molar-refractivity contribution in [2.75, 3.05) is 18.9 Å². The maximum atomic E-state index is 9.62. The number of likely N-dealkylation sites (N-methyl/N-ethyl adjacent to an activating group) is 1. The molecule has 1 fully saturated rings. The molecular formula is C16H33NOS. The molecule has 0 aromatic heterocycles. The second-order valence-electron chi connectivity index (χ2n) is 6.19. The maximum absolute atomic E-state index is 9.62. The number of hydrogen-bond donors (Lipinski definition) is 2. The summed E-state index contributed by atoms with van der Waals surface area (Å²) in [6.07, 6.45) is 9.02. The number of thioether (sulfide) groups is 1. The Bertz CT molecular complexity index is 231. The Morgan fingerprint density at radius 2 is 2.11 bits per heavy atom. The SMILES string of the molecule is CCNC(CC)(CO)CCCSC1CCCC(C)C1. The van der Waals surface area contributed by atoms with E-state index in [4.69, 9.17) is 0 Å². The molecule has 114 valence electrons. The predicted octanol–water partition coefficient (Wildman–Crippen LogP) is 3.83. The molecular weight excluding hydrogens is 254 g/mol. The van der Waals surface area contributed by atoms with Gasteiger partial charge in [-0.1, -0.05) is 33.6 Å². The molecule has 0 aromatic rings. The molecule has 0 radical (unpaired) electrons. The van der Waals surface area contributed by atoms with Crippen LogP contribution in [0.25, 0.3) is 0 Å². The van der Waals surface area contributed by atoms with Crippen LogP contribution in [0.4, 0.5) is 0 Å². The van der Waals surface area contributed by atoms with Gasteiger partial charge in [-0.3, -0.25) is 0 Å². The molecule has 0 spiro atoms. The molecule has 0 aliphatic heterocycles. The highest BCUT2D eigenvalue weighted by Crippen LogP contribution is 2.32. The molecule has 19 heavy (non-hydrogen) atoms. The van der Waals surface area contributed by atoms with Crippen LogP contribution in [0.5, 0.6) is 0 Å². The molecule has 0 saturated heterocycles. The summed E-state index contributed by atoms with van der Waals surface area (Å²) in [5.74, 6) is 2.19. The van der Waals surface area contributed by atoms with E-state index in [9.17, 15) is 5.11 Å². The molecule has 2 N–H and O–H groups in total. The minimum absolute atomic E-state index is 0.0326. The largest absolute Gasteiger partial charge is 0.394 e. The Balaban J connectivity index is 2.21. The van der Waals surface area contributed by atoms with Crippen LogP contribution in [-0.2, 0) is 0 Å². The summed E-state index contributed by atoms with van der Waals surface area (Å²) in [5, 5.41) is 14.0. The van der Waals surface area contributed by atoms with Gasteiger partial charge in [-0.25, -0.2) is 0 Å². The summed E-state index contributed by atoms with van der Waals surface area (Å²) in [6, 6.07) is 0. The summed E-state index contributed by atoms with van der Waals surface area (Å²) in [5.41, 5.74) is -0.0326. The van der Waals surface area contributed by atoms with E-state index >= 15 is 0 Å². The van der Waals surface area contributed by atoms with Crippen molar-refractivity contribution in [2.45, 2.75) is 76.5 Å². The number of aliphatic hydroxyl groups is 1. The summed E-state index contributed by atoms with van der Waals surface area (Å²) in [6.45, 7) is 7.91. The molecule has 0 amide bonds. The second-order valence-corrected chi connectivity index (χ2v) is 7.60. The van der Waals surface area contributed by atoms with E-state index in [0.717, 1.165) is 30.6 Å². The molecule has 1 aliphatic carbocycles. The average Bonchev–Trinajstić information content (AvgIpc) is 2.42. The van der Waals surface area contributed by atoms with Crippen LogP contribution >= 0.6 is 11.8 Å². The zero-order chi connectivity index (χ0) is 14.1. The van der Waals surface area contributed by atoms with Crippen LogP contribution in [0.2, 0.25) is 0 Å². The summed E-state index contributed by atoms with van der Waals surface area (Å²) >= 11 is 2.17. The van der Waals surface area contributed by atoms with E-state index in [1.807, 2.05) is 0 Å². The van der Waals surface area contributed by atoms with Gasteiger partial charge < -0.3 is 10.4 Å². The van der Waals surface area contributed by atoms with Gasteiger partial charge in [0.2, 0.25) is 0 Å². The van der Waals surface area contributed by atoms with E-state index in [-0.39, 0.29) is 12.1 Å². The summed E-state index contributed by atoms with van der Waals surface area (Å²) < 4.78 is 0. The molecule has 1 aliphatic rings. The van der Waals surface area contributed by atoms with Gasteiger partial charge in [-0.15, -0.1) is 0 Å². The third-order valence-corrected chi connectivity index (χ3v) is 6.00. The Kier molecular flexibility index (Phi) is 8.43. The lowest BCUT2D eigenvalue weighted by Gasteiger charge is -2.32.